The van der Waals surface area contributed by atoms with Crippen molar-refractivity contribution < 1.29 is 14.6 Å². The van der Waals surface area contributed by atoms with Crippen molar-refractivity contribution in [1.29, 1.82) is 0 Å². The third-order valence-corrected chi connectivity index (χ3v) is 2.08. The Bertz CT molecular complexity index is 358. The van der Waals surface area contributed by atoms with Crippen molar-refractivity contribution in [3.8, 4) is 0 Å². The fourth-order valence-electron chi connectivity index (χ4n) is 1.28. The lowest BCUT2D eigenvalue weighted by atomic mass is 10.0. The topological polar surface area (TPSA) is 46.5 Å². The van der Waals surface area contributed by atoms with Crippen molar-refractivity contribution in [2.24, 2.45) is 0 Å². The minimum absolute atomic E-state index is 0.400. The predicted molar refractivity (Wildman–Crippen MR) is 57.6 cm³/mol. The standard InChI is InChI=1S/C12H14O3/c1-3-5-11(13)9-6-4-7-10(8-9)12(14)15-2/h3-4,6-8,11,13H,1,5H2,2H3/t11-/m1/s1. The van der Waals surface area contributed by atoms with Crippen LogP contribution in [0.3, 0.4) is 0 Å². The van der Waals surface area contributed by atoms with Crippen LogP contribution in [0.4, 0.5) is 0 Å². The van der Waals surface area contributed by atoms with E-state index in [1.807, 2.05) is 0 Å². The minimum Gasteiger partial charge on any atom is -0.465 e. The highest BCUT2D eigenvalue weighted by atomic mass is 16.5. The van der Waals surface area contributed by atoms with Crippen molar-refractivity contribution >= 4 is 5.97 Å². The van der Waals surface area contributed by atoms with E-state index in [1.54, 1.807) is 30.3 Å². The summed E-state index contributed by atoms with van der Waals surface area (Å²) < 4.78 is 4.59. The van der Waals surface area contributed by atoms with Gasteiger partial charge in [-0.15, -0.1) is 6.58 Å². The molecule has 0 heterocycles. The first-order chi connectivity index (χ1) is 7.19. The van der Waals surface area contributed by atoms with Gasteiger partial charge in [-0.3, -0.25) is 0 Å². The summed E-state index contributed by atoms with van der Waals surface area (Å²) in [4.78, 5) is 11.2. The maximum Gasteiger partial charge on any atom is 0.337 e. The summed E-state index contributed by atoms with van der Waals surface area (Å²) in [6, 6.07) is 6.75. The van der Waals surface area contributed by atoms with Crippen LogP contribution in [0, 0.1) is 0 Å². The molecule has 1 rings (SSSR count). The molecule has 0 aromatic heterocycles. The first-order valence-electron chi connectivity index (χ1n) is 4.66. The van der Waals surface area contributed by atoms with Gasteiger partial charge in [0.15, 0.2) is 0 Å². The van der Waals surface area contributed by atoms with Crippen LogP contribution in [-0.4, -0.2) is 18.2 Å². The van der Waals surface area contributed by atoms with Gasteiger partial charge in [0, 0.05) is 0 Å². The van der Waals surface area contributed by atoms with Crippen LogP contribution in [-0.2, 0) is 4.74 Å². The second-order valence-electron chi connectivity index (χ2n) is 3.16. The third-order valence-electron chi connectivity index (χ3n) is 2.08. The highest BCUT2D eigenvalue weighted by Gasteiger charge is 2.09. The van der Waals surface area contributed by atoms with Gasteiger partial charge in [-0.2, -0.15) is 0 Å². The zero-order valence-electron chi connectivity index (χ0n) is 8.64. The summed E-state index contributed by atoms with van der Waals surface area (Å²) in [5, 5.41) is 9.68. The van der Waals surface area contributed by atoms with Gasteiger partial charge in [-0.25, -0.2) is 4.79 Å². The van der Waals surface area contributed by atoms with E-state index in [-0.39, 0.29) is 0 Å². The molecule has 15 heavy (non-hydrogen) atoms. The second-order valence-corrected chi connectivity index (χ2v) is 3.16. The normalized spacial score (nSPS) is 11.9. The Hall–Kier alpha value is -1.61. The maximum absolute atomic E-state index is 11.2. The van der Waals surface area contributed by atoms with Crippen molar-refractivity contribution in [3.05, 3.63) is 48.0 Å². The maximum atomic E-state index is 11.2. The van der Waals surface area contributed by atoms with E-state index in [9.17, 15) is 9.90 Å². The molecule has 0 fully saturated rings. The molecule has 1 atom stereocenters. The first-order valence-corrected chi connectivity index (χ1v) is 4.66. The Kier molecular flexibility index (Phi) is 4.06. The number of aliphatic hydroxyl groups excluding tert-OH is 1. The molecule has 0 bridgehead atoms. The molecule has 3 nitrogen and oxygen atoms in total. The van der Waals surface area contributed by atoms with Gasteiger partial charge < -0.3 is 9.84 Å². The molecule has 1 aromatic carbocycles. The number of benzene rings is 1. The Balaban J connectivity index is 2.91. The van der Waals surface area contributed by atoms with Gasteiger partial charge in [-0.1, -0.05) is 18.2 Å². The van der Waals surface area contributed by atoms with Crippen molar-refractivity contribution in [1.82, 2.24) is 0 Å². The summed E-state index contributed by atoms with van der Waals surface area (Å²) in [7, 11) is 1.33. The molecule has 1 N–H and O–H groups in total. The largest absolute Gasteiger partial charge is 0.465 e. The predicted octanol–water partition coefficient (Wildman–Crippen LogP) is 2.08. The van der Waals surface area contributed by atoms with E-state index < -0.39 is 12.1 Å². The highest BCUT2D eigenvalue weighted by molar-refractivity contribution is 5.89. The molecular formula is C12H14O3. The SMILES string of the molecule is C=CC[C@@H](O)c1cccc(C(=O)OC)c1. The van der Waals surface area contributed by atoms with Gasteiger partial charge >= 0.3 is 5.97 Å². The molecule has 0 aliphatic carbocycles. The van der Waals surface area contributed by atoms with Gasteiger partial charge in [0.05, 0.1) is 18.8 Å². The van der Waals surface area contributed by atoms with Crippen molar-refractivity contribution in [3.63, 3.8) is 0 Å². The zero-order chi connectivity index (χ0) is 11.3. The lowest BCUT2D eigenvalue weighted by Crippen LogP contribution is -2.03. The monoisotopic (exact) mass is 206 g/mol. The summed E-state index contributed by atoms with van der Waals surface area (Å²) in [5.41, 5.74) is 1.14. The number of carbonyl (C=O) groups excluding carboxylic acids is 1. The minimum atomic E-state index is -0.618. The molecular weight excluding hydrogens is 192 g/mol. The van der Waals surface area contributed by atoms with Gasteiger partial charge in [-0.05, 0) is 24.1 Å². The third kappa shape index (κ3) is 2.92. The van der Waals surface area contributed by atoms with E-state index in [4.69, 9.17) is 0 Å². The Morgan fingerprint density at radius 1 is 1.67 bits per heavy atom. The van der Waals surface area contributed by atoms with Crippen LogP contribution in [0.25, 0.3) is 0 Å². The molecule has 0 amide bonds. The van der Waals surface area contributed by atoms with Crippen LogP contribution in [0.15, 0.2) is 36.9 Å². The average Bonchev–Trinajstić information content (AvgIpc) is 2.28. The van der Waals surface area contributed by atoms with Crippen LogP contribution in [0.1, 0.15) is 28.4 Å². The summed E-state index contributed by atoms with van der Waals surface area (Å²) in [5.74, 6) is -0.400. The number of aliphatic hydroxyl groups is 1. The van der Waals surface area contributed by atoms with E-state index >= 15 is 0 Å². The summed E-state index contributed by atoms with van der Waals surface area (Å²) in [6.45, 7) is 3.55. The molecule has 3 heteroatoms. The number of hydrogen-bond donors (Lipinski definition) is 1. The second kappa shape index (κ2) is 5.32. The lowest BCUT2D eigenvalue weighted by molar-refractivity contribution is 0.0600. The molecule has 0 saturated carbocycles. The first kappa shape index (κ1) is 11.5. The van der Waals surface area contributed by atoms with E-state index in [0.29, 0.717) is 17.5 Å². The number of ether oxygens (including phenoxy) is 1. The molecule has 1 aromatic rings. The number of esters is 1. The fourth-order valence-corrected chi connectivity index (χ4v) is 1.28. The van der Waals surface area contributed by atoms with E-state index in [1.165, 1.54) is 7.11 Å². The molecule has 80 valence electrons. The van der Waals surface area contributed by atoms with Crippen LogP contribution in [0.2, 0.25) is 0 Å². The van der Waals surface area contributed by atoms with Crippen LogP contribution >= 0.6 is 0 Å². The quantitative estimate of drug-likeness (QED) is 0.606. The molecule has 0 aliphatic heterocycles. The number of methoxy groups -OCH3 is 1. The molecule has 0 spiro atoms. The molecule has 0 saturated heterocycles. The number of hydrogen-bond acceptors (Lipinski definition) is 3. The zero-order valence-corrected chi connectivity index (χ0v) is 8.64. The van der Waals surface area contributed by atoms with Crippen LogP contribution in [0.5, 0.6) is 0 Å². The Morgan fingerprint density at radius 3 is 3.00 bits per heavy atom. The van der Waals surface area contributed by atoms with Crippen molar-refractivity contribution in [2.45, 2.75) is 12.5 Å². The molecule has 0 unspecified atom stereocenters. The van der Waals surface area contributed by atoms with E-state index in [2.05, 4.69) is 11.3 Å². The molecule has 0 radical (unpaired) electrons. The van der Waals surface area contributed by atoms with Gasteiger partial charge in [0.2, 0.25) is 0 Å². The van der Waals surface area contributed by atoms with Gasteiger partial charge in [0.1, 0.15) is 0 Å². The number of rotatable bonds is 4. The highest BCUT2D eigenvalue weighted by Crippen LogP contribution is 2.18. The average molecular weight is 206 g/mol. The summed E-state index contributed by atoms with van der Waals surface area (Å²) >= 11 is 0. The fraction of sp³-hybridized carbons (Fsp3) is 0.250. The van der Waals surface area contributed by atoms with Gasteiger partial charge in [0.25, 0.3) is 0 Å². The van der Waals surface area contributed by atoms with Crippen LogP contribution < -0.4 is 0 Å². The number of carbonyl (C=O) groups is 1. The Labute approximate surface area is 89.0 Å². The van der Waals surface area contributed by atoms with E-state index in [0.717, 1.165) is 0 Å². The summed E-state index contributed by atoms with van der Waals surface area (Å²) in [6.07, 6.45) is 1.48. The Morgan fingerprint density at radius 2 is 2.40 bits per heavy atom. The smallest absolute Gasteiger partial charge is 0.337 e. The molecule has 0 aliphatic rings. The lowest BCUT2D eigenvalue weighted by Gasteiger charge is -2.09. The van der Waals surface area contributed by atoms with Crippen molar-refractivity contribution in [2.75, 3.05) is 7.11 Å².